The molecule has 2 amide bonds. The number of benzene rings is 2. The van der Waals surface area contributed by atoms with Crippen LogP contribution in [0.1, 0.15) is 28.8 Å². The highest BCUT2D eigenvalue weighted by molar-refractivity contribution is 5.95. The van der Waals surface area contributed by atoms with Crippen molar-refractivity contribution in [3.8, 4) is 5.75 Å². The number of hydrogen-bond donors (Lipinski definition) is 2. The largest absolute Gasteiger partial charge is 0.493 e. The predicted molar refractivity (Wildman–Crippen MR) is 87.9 cm³/mol. The van der Waals surface area contributed by atoms with Crippen LogP contribution >= 0.6 is 0 Å². The van der Waals surface area contributed by atoms with Crippen molar-refractivity contribution in [2.24, 2.45) is 0 Å². The molecule has 0 radical (unpaired) electrons. The van der Waals surface area contributed by atoms with Gasteiger partial charge in [-0.2, -0.15) is 0 Å². The lowest BCUT2D eigenvalue weighted by atomic mass is 10.2. The van der Waals surface area contributed by atoms with Gasteiger partial charge in [-0.15, -0.1) is 0 Å². The summed E-state index contributed by atoms with van der Waals surface area (Å²) in [5.41, 5.74) is 5.90. The second-order valence-electron chi connectivity index (χ2n) is 5.23. The van der Waals surface area contributed by atoms with Crippen LogP contribution in [0.2, 0.25) is 0 Å². The van der Waals surface area contributed by atoms with Crippen molar-refractivity contribution in [3.63, 3.8) is 0 Å². The van der Waals surface area contributed by atoms with Gasteiger partial charge in [-0.3, -0.25) is 20.4 Å². The molecule has 2 N–H and O–H groups in total. The quantitative estimate of drug-likeness (QED) is 0.632. The Kier molecular flexibility index (Phi) is 6.31. The lowest BCUT2D eigenvalue weighted by molar-refractivity contribution is -0.122. The highest BCUT2D eigenvalue weighted by Crippen LogP contribution is 2.16. The van der Waals surface area contributed by atoms with Crippen LogP contribution in [0.5, 0.6) is 5.75 Å². The van der Waals surface area contributed by atoms with Crippen LogP contribution in [-0.2, 0) is 4.79 Å². The van der Waals surface area contributed by atoms with Crippen LogP contribution in [0.3, 0.4) is 0 Å². The number of amides is 2. The zero-order chi connectivity index (χ0) is 17.4. The van der Waals surface area contributed by atoms with E-state index >= 15 is 0 Å². The number of halogens is 1. The van der Waals surface area contributed by atoms with E-state index in [1.54, 1.807) is 0 Å². The van der Waals surface area contributed by atoms with E-state index in [1.807, 2.05) is 31.2 Å². The van der Waals surface area contributed by atoms with E-state index in [-0.39, 0.29) is 17.9 Å². The molecule has 0 saturated heterocycles. The summed E-state index contributed by atoms with van der Waals surface area (Å²) in [5.74, 6) is -0.454. The average Bonchev–Trinajstić information content (AvgIpc) is 2.58. The molecule has 0 aliphatic carbocycles. The third kappa shape index (κ3) is 5.39. The second-order valence-corrected chi connectivity index (χ2v) is 5.23. The molecule has 126 valence electrons. The Morgan fingerprint density at radius 1 is 1.04 bits per heavy atom. The maximum atomic E-state index is 12.8. The molecule has 0 fully saturated rings. The number of para-hydroxylation sites is 1. The van der Waals surface area contributed by atoms with E-state index in [4.69, 9.17) is 4.74 Å². The molecule has 2 aromatic carbocycles. The van der Waals surface area contributed by atoms with Crippen molar-refractivity contribution in [2.75, 3.05) is 6.61 Å². The first-order chi connectivity index (χ1) is 11.6. The number of aryl methyl sites for hydroxylation is 1. The van der Waals surface area contributed by atoms with Crippen LogP contribution in [0, 0.1) is 12.7 Å². The summed E-state index contributed by atoms with van der Waals surface area (Å²) >= 11 is 0. The molecule has 0 saturated carbocycles. The zero-order valence-electron chi connectivity index (χ0n) is 13.3. The maximum Gasteiger partial charge on any atom is 0.269 e. The van der Waals surface area contributed by atoms with E-state index in [1.165, 1.54) is 24.3 Å². The van der Waals surface area contributed by atoms with Gasteiger partial charge in [0.05, 0.1) is 6.61 Å². The summed E-state index contributed by atoms with van der Waals surface area (Å²) in [7, 11) is 0. The number of ether oxygens (including phenoxy) is 1. The van der Waals surface area contributed by atoms with Crippen LogP contribution in [-0.4, -0.2) is 18.4 Å². The second kappa shape index (κ2) is 8.67. The Hall–Kier alpha value is -2.89. The highest BCUT2D eigenvalue weighted by Gasteiger charge is 2.07. The third-order valence-corrected chi connectivity index (χ3v) is 3.32. The number of rotatable bonds is 6. The van der Waals surface area contributed by atoms with Gasteiger partial charge in [-0.25, -0.2) is 4.39 Å². The maximum absolute atomic E-state index is 12.8. The number of hydrogen-bond acceptors (Lipinski definition) is 3. The van der Waals surface area contributed by atoms with Crippen LogP contribution in [0.25, 0.3) is 0 Å². The summed E-state index contributed by atoms with van der Waals surface area (Å²) in [6.07, 6.45) is 0.738. The minimum Gasteiger partial charge on any atom is -0.493 e. The summed E-state index contributed by atoms with van der Waals surface area (Å²) < 4.78 is 18.4. The first-order valence-corrected chi connectivity index (χ1v) is 7.59. The highest BCUT2D eigenvalue weighted by atomic mass is 19.1. The van der Waals surface area contributed by atoms with Crippen molar-refractivity contribution < 1.29 is 18.7 Å². The smallest absolute Gasteiger partial charge is 0.269 e. The van der Waals surface area contributed by atoms with Gasteiger partial charge in [0.2, 0.25) is 5.91 Å². The molecule has 6 heteroatoms. The van der Waals surface area contributed by atoms with E-state index < -0.39 is 11.7 Å². The van der Waals surface area contributed by atoms with Gasteiger partial charge in [0.25, 0.3) is 5.91 Å². The molecular formula is C18H19FN2O3. The average molecular weight is 330 g/mol. The van der Waals surface area contributed by atoms with Crippen molar-refractivity contribution >= 4 is 11.8 Å². The molecule has 5 nitrogen and oxygen atoms in total. The first-order valence-electron chi connectivity index (χ1n) is 7.59. The molecule has 0 heterocycles. The minimum atomic E-state index is -0.500. The van der Waals surface area contributed by atoms with E-state index in [0.717, 1.165) is 11.3 Å². The van der Waals surface area contributed by atoms with Crippen molar-refractivity contribution in [2.45, 2.75) is 19.8 Å². The number of nitrogens with one attached hydrogen (secondary N) is 2. The molecule has 0 unspecified atom stereocenters. The standard InChI is InChI=1S/C18H19FN2O3/c1-13-5-2-3-6-16(13)24-12-4-7-17(22)20-21-18(23)14-8-10-15(19)11-9-14/h2-3,5-6,8-11H,4,7,12H2,1H3,(H,20,22)(H,21,23). The van der Waals surface area contributed by atoms with Gasteiger partial charge < -0.3 is 4.74 Å². The minimum absolute atomic E-state index is 0.218. The normalized spacial score (nSPS) is 10.1. The SMILES string of the molecule is Cc1ccccc1OCCCC(=O)NNC(=O)c1ccc(F)cc1. The van der Waals surface area contributed by atoms with E-state index in [0.29, 0.717) is 13.0 Å². The summed E-state index contributed by atoms with van der Waals surface area (Å²) in [4.78, 5) is 23.4. The molecule has 2 rings (SSSR count). The van der Waals surface area contributed by atoms with Gasteiger partial charge in [0, 0.05) is 12.0 Å². The molecule has 0 aliphatic heterocycles. The molecule has 24 heavy (non-hydrogen) atoms. The molecule has 0 atom stereocenters. The Morgan fingerprint density at radius 3 is 2.46 bits per heavy atom. The molecule has 0 bridgehead atoms. The lowest BCUT2D eigenvalue weighted by Crippen LogP contribution is -2.41. The summed E-state index contributed by atoms with van der Waals surface area (Å²) in [6, 6.07) is 12.7. The third-order valence-electron chi connectivity index (χ3n) is 3.32. The van der Waals surface area contributed by atoms with Crippen molar-refractivity contribution in [1.82, 2.24) is 10.9 Å². The van der Waals surface area contributed by atoms with Crippen LogP contribution < -0.4 is 15.6 Å². The zero-order valence-corrected chi connectivity index (χ0v) is 13.3. The fourth-order valence-electron chi connectivity index (χ4n) is 2.00. The van der Waals surface area contributed by atoms with E-state index in [9.17, 15) is 14.0 Å². The Balaban J connectivity index is 1.65. The van der Waals surface area contributed by atoms with Crippen LogP contribution in [0.15, 0.2) is 48.5 Å². The Labute approximate surface area is 139 Å². The summed E-state index contributed by atoms with van der Waals surface area (Å²) in [6.45, 7) is 2.36. The van der Waals surface area contributed by atoms with Gasteiger partial charge in [-0.1, -0.05) is 18.2 Å². The molecular weight excluding hydrogens is 311 g/mol. The molecule has 0 spiro atoms. The number of carbonyl (C=O) groups excluding carboxylic acids is 2. The summed E-state index contributed by atoms with van der Waals surface area (Å²) in [5, 5.41) is 0. The molecule has 0 aromatic heterocycles. The lowest BCUT2D eigenvalue weighted by Gasteiger charge is -2.09. The van der Waals surface area contributed by atoms with Gasteiger partial charge >= 0.3 is 0 Å². The van der Waals surface area contributed by atoms with E-state index in [2.05, 4.69) is 10.9 Å². The van der Waals surface area contributed by atoms with Crippen molar-refractivity contribution in [3.05, 3.63) is 65.5 Å². The monoisotopic (exact) mass is 330 g/mol. The van der Waals surface area contributed by atoms with Gasteiger partial charge in [-0.05, 0) is 49.2 Å². The fourth-order valence-corrected chi connectivity index (χ4v) is 2.00. The number of hydrazine groups is 1. The molecule has 0 aliphatic rings. The van der Waals surface area contributed by atoms with Crippen molar-refractivity contribution in [1.29, 1.82) is 0 Å². The Bertz CT molecular complexity index is 702. The van der Waals surface area contributed by atoms with Gasteiger partial charge in [0.1, 0.15) is 11.6 Å². The number of carbonyl (C=O) groups is 2. The fraction of sp³-hybridized carbons (Fsp3) is 0.222. The predicted octanol–water partition coefficient (Wildman–Crippen LogP) is 2.75. The first kappa shape index (κ1) is 17.5. The Morgan fingerprint density at radius 2 is 1.75 bits per heavy atom. The van der Waals surface area contributed by atoms with Gasteiger partial charge in [0.15, 0.2) is 0 Å². The topological polar surface area (TPSA) is 67.4 Å². The molecule has 2 aromatic rings. The van der Waals surface area contributed by atoms with Crippen LogP contribution in [0.4, 0.5) is 4.39 Å².